The molecule has 0 aliphatic carbocycles. The number of amides is 3. The lowest BCUT2D eigenvalue weighted by atomic mass is 9.74. The van der Waals surface area contributed by atoms with Gasteiger partial charge < -0.3 is 24.5 Å². The van der Waals surface area contributed by atoms with Gasteiger partial charge in [0.2, 0.25) is 11.8 Å². The van der Waals surface area contributed by atoms with Crippen molar-refractivity contribution in [3.63, 3.8) is 0 Å². The quantitative estimate of drug-likeness (QED) is 0.435. The molecule has 2 aromatic carbocycles. The molecule has 4 aliphatic rings. The Bertz CT molecular complexity index is 1440. The van der Waals surface area contributed by atoms with Gasteiger partial charge in [0.15, 0.2) is 0 Å². The summed E-state index contributed by atoms with van der Waals surface area (Å²) in [6.07, 6.45) is 8.65. The number of para-hydroxylation sites is 1. The summed E-state index contributed by atoms with van der Waals surface area (Å²) < 4.78 is 6.92. The number of aliphatic hydroxyl groups is 1. The molecule has 0 bridgehead atoms. The SMILES string of the molecule is Cc1ccc(C)c(N2CC=C[C@]34O[C@@]5(C)C=CCN(c6ccccc6)C(=O)[C@H]5[C@H]3C(=O)N(CCCCO)C4C2=O)c1. The minimum Gasteiger partial charge on any atom is -0.396 e. The summed E-state index contributed by atoms with van der Waals surface area (Å²) in [6.45, 7) is 6.81. The lowest BCUT2D eigenvalue weighted by molar-refractivity contribution is -0.144. The number of likely N-dealkylation sites (tertiary alicyclic amines) is 1. The summed E-state index contributed by atoms with van der Waals surface area (Å²) in [5.41, 5.74) is 1.16. The zero-order valence-electron chi connectivity index (χ0n) is 23.8. The Balaban J connectivity index is 1.47. The molecule has 4 heterocycles. The van der Waals surface area contributed by atoms with E-state index in [9.17, 15) is 19.5 Å². The van der Waals surface area contributed by atoms with Crippen LogP contribution in [0.25, 0.3) is 0 Å². The number of unbranched alkanes of at least 4 members (excludes halogenated alkanes) is 1. The van der Waals surface area contributed by atoms with Crippen LogP contribution >= 0.6 is 0 Å². The molecule has 2 fully saturated rings. The minimum absolute atomic E-state index is 0.00373. The van der Waals surface area contributed by atoms with Gasteiger partial charge in [0, 0.05) is 37.6 Å². The number of aryl methyl sites for hydroxylation is 2. The number of anilines is 2. The molecule has 6 rings (SSSR count). The Morgan fingerprint density at radius 3 is 2.37 bits per heavy atom. The standard InChI is InChI=1S/C33H37N3O5/c1-22-13-14-23(2)25(21-22)35-19-10-16-33-27(30(39)36(17-7-8-20-37)28(33)31(35)40)26-29(38)34(24-11-5-4-6-12-24)18-9-15-32(26,3)41-33/h4-6,9-16,21,26-28,37H,7-8,17-20H2,1-3H3/t26-,27+,28?,32+,33+/m1/s1. The van der Waals surface area contributed by atoms with Gasteiger partial charge in [0.05, 0.1) is 17.4 Å². The molecule has 1 N–H and O–H groups in total. The van der Waals surface area contributed by atoms with Gasteiger partial charge in [-0.2, -0.15) is 0 Å². The van der Waals surface area contributed by atoms with E-state index in [0.717, 1.165) is 22.5 Å². The van der Waals surface area contributed by atoms with E-state index in [0.29, 0.717) is 32.5 Å². The van der Waals surface area contributed by atoms with Crippen LogP contribution in [0.2, 0.25) is 0 Å². The van der Waals surface area contributed by atoms with Crippen molar-refractivity contribution in [2.75, 3.05) is 36.0 Å². The van der Waals surface area contributed by atoms with Gasteiger partial charge in [0.25, 0.3) is 5.91 Å². The molecular formula is C33H37N3O5. The Hall–Kier alpha value is -3.75. The highest BCUT2D eigenvalue weighted by Gasteiger charge is 2.74. The Morgan fingerprint density at radius 1 is 0.878 bits per heavy atom. The molecule has 214 valence electrons. The molecule has 2 saturated heterocycles. The van der Waals surface area contributed by atoms with Crippen LogP contribution < -0.4 is 9.80 Å². The zero-order chi connectivity index (χ0) is 28.9. The minimum atomic E-state index is -1.31. The number of carbonyl (C=O) groups is 3. The van der Waals surface area contributed by atoms with E-state index in [1.54, 1.807) is 14.7 Å². The van der Waals surface area contributed by atoms with E-state index < -0.39 is 29.1 Å². The maximum absolute atomic E-state index is 14.6. The van der Waals surface area contributed by atoms with Crippen LogP contribution in [-0.4, -0.2) is 71.2 Å². The van der Waals surface area contributed by atoms with Crippen LogP contribution in [-0.2, 0) is 19.1 Å². The fraction of sp³-hybridized carbons (Fsp3) is 0.424. The lowest BCUT2D eigenvalue weighted by Gasteiger charge is -2.37. The predicted octanol–water partition coefficient (Wildman–Crippen LogP) is 3.55. The van der Waals surface area contributed by atoms with Crippen LogP contribution in [0.1, 0.15) is 30.9 Å². The number of hydrogen-bond acceptors (Lipinski definition) is 5. The number of carbonyl (C=O) groups excluding carboxylic acids is 3. The number of fused-ring (bicyclic) bond motifs is 2. The van der Waals surface area contributed by atoms with Crippen molar-refractivity contribution in [3.05, 3.63) is 84.0 Å². The van der Waals surface area contributed by atoms with E-state index in [1.165, 1.54) is 0 Å². The molecule has 1 spiro atoms. The molecule has 41 heavy (non-hydrogen) atoms. The van der Waals surface area contributed by atoms with Gasteiger partial charge in [-0.25, -0.2) is 0 Å². The van der Waals surface area contributed by atoms with Crippen LogP contribution in [0.4, 0.5) is 11.4 Å². The van der Waals surface area contributed by atoms with E-state index in [4.69, 9.17) is 4.74 Å². The number of ether oxygens (including phenoxy) is 1. The summed E-state index contributed by atoms with van der Waals surface area (Å²) in [6, 6.07) is 14.5. The van der Waals surface area contributed by atoms with Gasteiger partial charge in [-0.15, -0.1) is 0 Å². The third-order valence-corrected chi connectivity index (χ3v) is 9.09. The second-order valence-corrected chi connectivity index (χ2v) is 11.8. The summed E-state index contributed by atoms with van der Waals surface area (Å²) in [5, 5.41) is 9.46. The van der Waals surface area contributed by atoms with Gasteiger partial charge in [0.1, 0.15) is 11.6 Å². The summed E-state index contributed by atoms with van der Waals surface area (Å²) in [4.78, 5) is 48.5. The molecule has 3 amide bonds. The average Bonchev–Trinajstić information content (AvgIpc) is 3.22. The van der Waals surface area contributed by atoms with E-state index >= 15 is 0 Å². The normalized spacial score (nSPS) is 30.8. The van der Waals surface area contributed by atoms with Crippen LogP contribution in [0.3, 0.4) is 0 Å². The number of nitrogens with zero attached hydrogens (tertiary/aromatic N) is 3. The van der Waals surface area contributed by atoms with Crippen molar-refractivity contribution >= 4 is 29.1 Å². The first-order chi connectivity index (χ1) is 19.7. The summed E-state index contributed by atoms with van der Waals surface area (Å²) in [5.74, 6) is -2.35. The molecule has 0 radical (unpaired) electrons. The van der Waals surface area contributed by atoms with Crippen LogP contribution in [0.5, 0.6) is 0 Å². The molecular weight excluding hydrogens is 518 g/mol. The summed E-state index contributed by atoms with van der Waals surface area (Å²) in [7, 11) is 0. The lowest BCUT2D eigenvalue weighted by Crippen LogP contribution is -2.56. The van der Waals surface area contributed by atoms with Crippen molar-refractivity contribution in [1.29, 1.82) is 0 Å². The molecule has 5 atom stereocenters. The first-order valence-electron chi connectivity index (χ1n) is 14.4. The number of rotatable bonds is 6. The molecule has 8 heteroatoms. The fourth-order valence-corrected chi connectivity index (χ4v) is 7.22. The second-order valence-electron chi connectivity index (χ2n) is 11.8. The zero-order valence-corrected chi connectivity index (χ0v) is 23.8. The Morgan fingerprint density at radius 2 is 1.61 bits per heavy atom. The van der Waals surface area contributed by atoms with E-state index in [2.05, 4.69) is 0 Å². The number of hydrogen-bond donors (Lipinski definition) is 1. The van der Waals surface area contributed by atoms with Gasteiger partial charge >= 0.3 is 0 Å². The van der Waals surface area contributed by atoms with Crippen molar-refractivity contribution in [3.8, 4) is 0 Å². The van der Waals surface area contributed by atoms with Crippen molar-refractivity contribution in [2.45, 2.75) is 50.9 Å². The number of benzene rings is 2. The van der Waals surface area contributed by atoms with E-state index in [1.807, 2.05) is 93.6 Å². The van der Waals surface area contributed by atoms with Gasteiger partial charge in [-0.1, -0.05) is 54.6 Å². The van der Waals surface area contributed by atoms with Crippen molar-refractivity contribution in [1.82, 2.24) is 4.90 Å². The molecule has 8 nitrogen and oxygen atoms in total. The number of aliphatic hydroxyl groups excluding tert-OH is 1. The Labute approximate surface area is 240 Å². The van der Waals surface area contributed by atoms with Crippen LogP contribution in [0.15, 0.2) is 72.8 Å². The first-order valence-corrected chi connectivity index (χ1v) is 14.4. The highest BCUT2D eigenvalue weighted by molar-refractivity contribution is 6.07. The predicted molar refractivity (Wildman–Crippen MR) is 156 cm³/mol. The summed E-state index contributed by atoms with van der Waals surface area (Å²) >= 11 is 0. The van der Waals surface area contributed by atoms with Crippen molar-refractivity contribution in [2.24, 2.45) is 11.8 Å². The average molecular weight is 556 g/mol. The smallest absolute Gasteiger partial charge is 0.253 e. The highest BCUT2D eigenvalue weighted by Crippen LogP contribution is 2.57. The van der Waals surface area contributed by atoms with Crippen LogP contribution in [0, 0.1) is 25.7 Å². The van der Waals surface area contributed by atoms with Gasteiger partial charge in [-0.3, -0.25) is 14.4 Å². The third kappa shape index (κ3) is 4.23. The monoisotopic (exact) mass is 555 g/mol. The Kier molecular flexibility index (Phi) is 6.86. The first kappa shape index (κ1) is 27.4. The molecule has 0 saturated carbocycles. The van der Waals surface area contributed by atoms with E-state index in [-0.39, 0.29) is 24.3 Å². The third-order valence-electron chi connectivity index (χ3n) is 9.09. The largest absolute Gasteiger partial charge is 0.396 e. The van der Waals surface area contributed by atoms with Crippen molar-refractivity contribution < 1.29 is 24.2 Å². The fourth-order valence-electron chi connectivity index (χ4n) is 7.22. The molecule has 2 aromatic rings. The topological polar surface area (TPSA) is 90.4 Å². The maximum Gasteiger partial charge on any atom is 0.253 e. The maximum atomic E-state index is 14.6. The molecule has 4 aliphatic heterocycles. The molecule has 1 unspecified atom stereocenters. The van der Waals surface area contributed by atoms with Gasteiger partial charge in [-0.05, 0) is 62.9 Å². The second kappa shape index (κ2) is 10.3. The highest BCUT2D eigenvalue weighted by atomic mass is 16.5. The molecule has 0 aromatic heterocycles.